The highest BCUT2D eigenvalue weighted by Gasteiger charge is 2.20. The second kappa shape index (κ2) is 5.01. The van der Waals surface area contributed by atoms with E-state index in [0.717, 1.165) is 29.8 Å². The molecular weight excluding hydrogens is 210 g/mol. The highest BCUT2D eigenvalue weighted by molar-refractivity contribution is 6.30. The first-order chi connectivity index (χ1) is 7.24. The minimum absolute atomic E-state index is 0.493. The number of aromatic amines is 1. The summed E-state index contributed by atoms with van der Waals surface area (Å²) in [7, 11) is 0. The van der Waals surface area contributed by atoms with Gasteiger partial charge in [0.15, 0.2) is 0 Å². The molecule has 1 atom stereocenters. The number of rotatable bonds is 6. The van der Waals surface area contributed by atoms with E-state index >= 15 is 0 Å². The van der Waals surface area contributed by atoms with E-state index in [-0.39, 0.29) is 0 Å². The minimum atomic E-state index is 0.493. The molecule has 1 saturated carbocycles. The van der Waals surface area contributed by atoms with Gasteiger partial charge in [0.05, 0.1) is 5.02 Å². The standard InChI is InChI=1S/C11H18ClN3/c1-8(5-14-10-2-3-10)13-7-11-4-9(12)6-15-11/h4,6,8,10,13-15H,2-3,5,7H2,1H3. The Morgan fingerprint density at radius 3 is 3.00 bits per heavy atom. The molecule has 15 heavy (non-hydrogen) atoms. The van der Waals surface area contributed by atoms with Gasteiger partial charge in [-0.3, -0.25) is 0 Å². The fourth-order valence-electron chi connectivity index (χ4n) is 1.50. The van der Waals surface area contributed by atoms with Gasteiger partial charge in [0.2, 0.25) is 0 Å². The maximum atomic E-state index is 5.82. The molecule has 0 radical (unpaired) electrons. The molecule has 1 aliphatic carbocycles. The van der Waals surface area contributed by atoms with Crippen LogP contribution in [0.4, 0.5) is 0 Å². The number of halogens is 1. The molecule has 1 heterocycles. The molecule has 1 fully saturated rings. The molecule has 1 aromatic heterocycles. The van der Waals surface area contributed by atoms with E-state index < -0.39 is 0 Å². The lowest BCUT2D eigenvalue weighted by Gasteiger charge is -2.13. The van der Waals surface area contributed by atoms with Gasteiger partial charge in [-0.05, 0) is 25.8 Å². The molecule has 4 heteroatoms. The van der Waals surface area contributed by atoms with E-state index in [0.29, 0.717) is 6.04 Å². The van der Waals surface area contributed by atoms with Crippen LogP contribution in [0.5, 0.6) is 0 Å². The number of nitrogens with one attached hydrogen (secondary N) is 3. The van der Waals surface area contributed by atoms with Crippen LogP contribution in [0.1, 0.15) is 25.5 Å². The number of hydrogen-bond acceptors (Lipinski definition) is 2. The average Bonchev–Trinajstić information content (AvgIpc) is 2.95. The lowest BCUT2D eigenvalue weighted by atomic mass is 10.3. The predicted octanol–water partition coefficient (Wildman–Crippen LogP) is 1.90. The van der Waals surface area contributed by atoms with Gasteiger partial charge in [-0.15, -0.1) is 0 Å². The third kappa shape index (κ3) is 3.86. The van der Waals surface area contributed by atoms with Gasteiger partial charge >= 0.3 is 0 Å². The zero-order chi connectivity index (χ0) is 10.7. The van der Waals surface area contributed by atoms with Crippen LogP contribution in [0.25, 0.3) is 0 Å². The van der Waals surface area contributed by atoms with Crippen LogP contribution >= 0.6 is 11.6 Å². The summed E-state index contributed by atoms with van der Waals surface area (Å²) in [6.45, 7) is 4.08. The van der Waals surface area contributed by atoms with E-state index in [9.17, 15) is 0 Å². The van der Waals surface area contributed by atoms with Crippen molar-refractivity contribution in [1.82, 2.24) is 15.6 Å². The first kappa shape index (κ1) is 11.0. The highest BCUT2D eigenvalue weighted by Crippen LogP contribution is 2.18. The molecule has 3 nitrogen and oxygen atoms in total. The maximum Gasteiger partial charge on any atom is 0.0583 e. The Bertz CT molecular complexity index is 307. The van der Waals surface area contributed by atoms with Crippen molar-refractivity contribution in [3.8, 4) is 0 Å². The number of aromatic nitrogens is 1. The van der Waals surface area contributed by atoms with Gasteiger partial charge in [-0.2, -0.15) is 0 Å². The number of hydrogen-bond donors (Lipinski definition) is 3. The van der Waals surface area contributed by atoms with Crippen molar-refractivity contribution in [1.29, 1.82) is 0 Å². The first-order valence-corrected chi connectivity index (χ1v) is 5.91. The Labute approximate surface area is 95.6 Å². The van der Waals surface area contributed by atoms with Crippen molar-refractivity contribution in [2.24, 2.45) is 0 Å². The van der Waals surface area contributed by atoms with Gasteiger partial charge in [0.1, 0.15) is 0 Å². The van der Waals surface area contributed by atoms with Crippen LogP contribution in [0.2, 0.25) is 5.02 Å². The molecule has 3 N–H and O–H groups in total. The van der Waals surface area contributed by atoms with Crippen LogP contribution < -0.4 is 10.6 Å². The average molecular weight is 228 g/mol. The van der Waals surface area contributed by atoms with Crippen LogP contribution in [0, 0.1) is 0 Å². The SMILES string of the molecule is CC(CNC1CC1)NCc1cc(Cl)c[nH]1. The molecule has 1 aliphatic rings. The van der Waals surface area contributed by atoms with Gasteiger partial charge < -0.3 is 15.6 Å². The van der Waals surface area contributed by atoms with Gasteiger partial charge in [0, 0.05) is 37.1 Å². The molecule has 0 amide bonds. The van der Waals surface area contributed by atoms with E-state index in [1.165, 1.54) is 12.8 Å². The van der Waals surface area contributed by atoms with E-state index in [1.807, 2.05) is 12.3 Å². The molecular formula is C11H18ClN3. The Morgan fingerprint density at radius 1 is 1.60 bits per heavy atom. The molecule has 1 unspecified atom stereocenters. The molecule has 0 aromatic carbocycles. The second-order valence-corrected chi connectivity index (χ2v) is 4.74. The van der Waals surface area contributed by atoms with Crippen LogP contribution in [0.15, 0.2) is 12.3 Å². The summed E-state index contributed by atoms with van der Waals surface area (Å²) >= 11 is 5.82. The Kier molecular flexibility index (Phi) is 3.67. The fraction of sp³-hybridized carbons (Fsp3) is 0.636. The number of H-pyrrole nitrogens is 1. The Hall–Kier alpha value is -0.510. The third-order valence-electron chi connectivity index (χ3n) is 2.64. The summed E-state index contributed by atoms with van der Waals surface area (Å²) in [5, 5.41) is 7.72. The molecule has 0 aliphatic heterocycles. The van der Waals surface area contributed by atoms with Crippen LogP contribution in [0.3, 0.4) is 0 Å². The van der Waals surface area contributed by atoms with Gasteiger partial charge in [-0.25, -0.2) is 0 Å². The monoisotopic (exact) mass is 227 g/mol. The zero-order valence-corrected chi connectivity index (χ0v) is 9.77. The Balaban J connectivity index is 1.63. The largest absolute Gasteiger partial charge is 0.363 e. The van der Waals surface area contributed by atoms with Crippen molar-refractivity contribution in [3.63, 3.8) is 0 Å². The summed E-state index contributed by atoms with van der Waals surface area (Å²) in [6, 6.07) is 3.23. The van der Waals surface area contributed by atoms with Gasteiger partial charge in [-0.1, -0.05) is 11.6 Å². The quantitative estimate of drug-likeness (QED) is 0.695. The summed E-state index contributed by atoms with van der Waals surface area (Å²) in [4.78, 5) is 3.12. The molecule has 0 saturated heterocycles. The van der Waals surface area contributed by atoms with Crippen molar-refractivity contribution in [3.05, 3.63) is 23.0 Å². The molecule has 0 bridgehead atoms. The molecule has 2 rings (SSSR count). The van der Waals surface area contributed by atoms with Crippen molar-refractivity contribution in [2.45, 2.75) is 38.4 Å². The second-order valence-electron chi connectivity index (χ2n) is 4.31. The zero-order valence-electron chi connectivity index (χ0n) is 9.02. The smallest absolute Gasteiger partial charge is 0.0583 e. The Morgan fingerprint density at radius 2 is 2.40 bits per heavy atom. The predicted molar refractivity (Wildman–Crippen MR) is 63.1 cm³/mol. The first-order valence-electron chi connectivity index (χ1n) is 5.53. The van der Waals surface area contributed by atoms with E-state index in [4.69, 9.17) is 11.6 Å². The van der Waals surface area contributed by atoms with E-state index in [1.54, 1.807) is 0 Å². The van der Waals surface area contributed by atoms with Crippen molar-refractivity contribution in [2.75, 3.05) is 6.54 Å². The van der Waals surface area contributed by atoms with Gasteiger partial charge in [0.25, 0.3) is 0 Å². The lowest BCUT2D eigenvalue weighted by molar-refractivity contribution is 0.497. The van der Waals surface area contributed by atoms with Crippen LogP contribution in [-0.2, 0) is 6.54 Å². The summed E-state index contributed by atoms with van der Waals surface area (Å²) in [6.07, 6.45) is 4.50. The summed E-state index contributed by atoms with van der Waals surface area (Å²) < 4.78 is 0. The lowest BCUT2D eigenvalue weighted by Crippen LogP contribution is -2.36. The third-order valence-corrected chi connectivity index (χ3v) is 2.86. The van der Waals surface area contributed by atoms with E-state index in [2.05, 4.69) is 22.5 Å². The fourth-order valence-corrected chi connectivity index (χ4v) is 1.69. The van der Waals surface area contributed by atoms with Crippen LogP contribution in [-0.4, -0.2) is 23.6 Å². The maximum absolute atomic E-state index is 5.82. The topological polar surface area (TPSA) is 39.8 Å². The minimum Gasteiger partial charge on any atom is -0.363 e. The molecule has 84 valence electrons. The molecule has 1 aromatic rings. The van der Waals surface area contributed by atoms with Crippen molar-refractivity contribution < 1.29 is 0 Å². The molecule has 0 spiro atoms. The summed E-state index contributed by atoms with van der Waals surface area (Å²) in [5.41, 5.74) is 1.14. The highest BCUT2D eigenvalue weighted by atomic mass is 35.5. The summed E-state index contributed by atoms with van der Waals surface area (Å²) in [5.74, 6) is 0. The normalized spacial score (nSPS) is 18.0. The van der Waals surface area contributed by atoms with Crippen molar-refractivity contribution >= 4 is 11.6 Å².